The minimum Gasteiger partial charge on any atom is -0.219 e. The molecule has 0 unspecified atom stereocenters. The summed E-state index contributed by atoms with van der Waals surface area (Å²) in [6.07, 6.45) is 0. The van der Waals surface area contributed by atoms with Crippen LogP contribution in [0.3, 0.4) is 0 Å². The lowest BCUT2D eigenvalue weighted by atomic mass is 10.3. The summed E-state index contributed by atoms with van der Waals surface area (Å²) in [5.41, 5.74) is 0. The molecule has 0 saturated heterocycles. The van der Waals surface area contributed by atoms with Crippen molar-refractivity contribution in [2.24, 2.45) is 0 Å². The summed E-state index contributed by atoms with van der Waals surface area (Å²) < 4.78 is 103. The lowest BCUT2D eigenvalue weighted by Crippen LogP contribution is -2.06. The molecule has 0 saturated carbocycles. The van der Waals surface area contributed by atoms with E-state index in [0.717, 1.165) is 36.4 Å². The van der Waals surface area contributed by atoms with Gasteiger partial charge < -0.3 is 0 Å². The number of hydrogen-bond acceptors (Lipinski definition) is 4. The van der Waals surface area contributed by atoms with Gasteiger partial charge in [0.2, 0.25) is 19.7 Å². The molecule has 0 bridgehead atoms. The zero-order valence-electron chi connectivity index (χ0n) is 13.7. The molecule has 0 radical (unpaired) electrons. The van der Waals surface area contributed by atoms with Gasteiger partial charge in [-0.15, -0.1) is 0 Å². The Morgan fingerprint density at radius 1 is 0.429 bits per heavy atom. The molecule has 0 amide bonds. The fourth-order valence-corrected chi connectivity index (χ4v) is 4.90. The van der Waals surface area contributed by atoms with Crippen molar-refractivity contribution < 1.29 is 34.4 Å². The number of rotatable bonds is 4. The van der Waals surface area contributed by atoms with Crippen molar-refractivity contribution in [3.05, 3.63) is 83.9 Å². The quantitative estimate of drug-likeness (QED) is 0.465. The maximum atomic E-state index is 13.3. The Labute approximate surface area is 157 Å². The summed E-state index contributed by atoms with van der Waals surface area (Å²) in [5.74, 6) is -5.13. The molecule has 0 heterocycles. The van der Waals surface area contributed by atoms with Crippen LogP contribution in [0.4, 0.5) is 17.6 Å². The highest BCUT2D eigenvalue weighted by molar-refractivity contribution is 7.92. The van der Waals surface area contributed by atoms with E-state index in [1.54, 1.807) is 0 Å². The van der Waals surface area contributed by atoms with E-state index in [1.165, 1.54) is 0 Å². The molecule has 146 valence electrons. The Hall–Kier alpha value is -2.72. The Bertz CT molecular complexity index is 1170. The Kier molecular flexibility index (Phi) is 5.02. The lowest BCUT2D eigenvalue weighted by molar-refractivity contribution is 0.504. The number of benzene rings is 3. The van der Waals surface area contributed by atoms with E-state index in [1.807, 2.05) is 0 Å². The summed E-state index contributed by atoms with van der Waals surface area (Å²) in [7, 11) is -8.46. The number of sulfone groups is 2. The van der Waals surface area contributed by atoms with Gasteiger partial charge in [-0.25, -0.2) is 34.4 Å². The molecule has 4 nitrogen and oxygen atoms in total. The van der Waals surface area contributed by atoms with Crippen LogP contribution in [0.5, 0.6) is 0 Å². The average Bonchev–Trinajstić information content (AvgIpc) is 2.66. The fourth-order valence-electron chi connectivity index (χ4n) is 2.36. The minimum absolute atomic E-state index is 0.359. The first-order valence-corrected chi connectivity index (χ1v) is 10.5. The fraction of sp³-hybridized carbons (Fsp3) is 0. The van der Waals surface area contributed by atoms with Crippen LogP contribution in [-0.2, 0) is 19.7 Å². The van der Waals surface area contributed by atoms with E-state index in [2.05, 4.69) is 0 Å². The predicted molar refractivity (Wildman–Crippen MR) is 90.1 cm³/mol. The van der Waals surface area contributed by atoms with Crippen LogP contribution in [-0.4, -0.2) is 16.8 Å². The van der Waals surface area contributed by atoms with Crippen LogP contribution in [0.2, 0.25) is 0 Å². The van der Waals surface area contributed by atoms with Crippen molar-refractivity contribution in [2.75, 3.05) is 0 Å². The van der Waals surface area contributed by atoms with Crippen molar-refractivity contribution in [1.29, 1.82) is 0 Å². The molecule has 0 atom stereocenters. The first-order valence-electron chi connectivity index (χ1n) is 7.54. The third-order valence-electron chi connectivity index (χ3n) is 3.85. The molecule has 0 spiro atoms. The molecule has 0 fully saturated rings. The highest BCUT2D eigenvalue weighted by Gasteiger charge is 2.23. The summed E-state index contributed by atoms with van der Waals surface area (Å²) in [6.45, 7) is 0. The second-order valence-electron chi connectivity index (χ2n) is 5.63. The van der Waals surface area contributed by atoms with Crippen molar-refractivity contribution in [3.8, 4) is 0 Å². The Morgan fingerprint density at radius 2 is 0.714 bits per heavy atom. The van der Waals surface area contributed by atoms with Crippen molar-refractivity contribution in [3.63, 3.8) is 0 Å². The van der Waals surface area contributed by atoms with Gasteiger partial charge in [0.15, 0.2) is 23.3 Å². The highest BCUT2D eigenvalue weighted by atomic mass is 32.2. The molecule has 0 aromatic heterocycles. The third-order valence-corrected chi connectivity index (χ3v) is 7.38. The maximum absolute atomic E-state index is 13.3. The van der Waals surface area contributed by atoms with Crippen LogP contribution >= 0.6 is 0 Å². The summed E-state index contributed by atoms with van der Waals surface area (Å²) in [5, 5.41) is 0. The van der Waals surface area contributed by atoms with Gasteiger partial charge in [0, 0.05) is 0 Å². The van der Waals surface area contributed by atoms with Crippen LogP contribution < -0.4 is 0 Å². The monoisotopic (exact) mass is 430 g/mol. The highest BCUT2D eigenvalue weighted by Crippen LogP contribution is 2.26. The predicted octanol–water partition coefficient (Wildman–Crippen LogP) is 3.91. The van der Waals surface area contributed by atoms with Crippen molar-refractivity contribution in [2.45, 2.75) is 19.6 Å². The van der Waals surface area contributed by atoms with E-state index >= 15 is 0 Å². The molecule has 28 heavy (non-hydrogen) atoms. The van der Waals surface area contributed by atoms with Crippen LogP contribution in [0, 0.1) is 23.3 Å². The largest absolute Gasteiger partial charge is 0.219 e. The number of hydrogen-bond donors (Lipinski definition) is 0. The molecule has 3 rings (SSSR count). The van der Waals surface area contributed by atoms with Crippen LogP contribution in [0.15, 0.2) is 80.2 Å². The van der Waals surface area contributed by atoms with Gasteiger partial charge in [0.05, 0.1) is 19.6 Å². The minimum atomic E-state index is -4.23. The first-order chi connectivity index (χ1) is 13.0. The van der Waals surface area contributed by atoms with Gasteiger partial charge >= 0.3 is 0 Å². The molecule has 10 heteroatoms. The second-order valence-corrected chi connectivity index (χ2v) is 9.53. The zero-order valence-corrected chi connectivity index (χ0v) is 15.4. The van der Waals surface area contributed by atoms with Gasteiger partial charge in [0.25, 0.3) is 0 Å². The second kappa shape index (κ2) is 7.02. The van der Waals surface area contributed by atoms with Crippen LogP contribution in [0.1, 0.15) is 0 Å². The van der Waals surface area contributed by atoms with Crippen LogP contribution in [0.25, 0.3) is 0 Å². The standard InChI is InChI=1S/C18H10F4O4S2/c19-15-7-5-13(9-17(15)21)27(23,24)11-1-2-12(4-3-11)28(25,26)14-6-8-16(20)18(22)10-14/h1-10H. The van der Waals surface area contributed by atoms with Gasteiger partial charge in [-0.3, -0.25) is 0 Å². The first kappa shape index (κ1) is 20.0. The molecule has 0 aliphatic carbocycles. The zero-order chi connectivity index (χ0) is 20.7. The molecule has 3 aromatic carbocycles. The maximum Gasteiger partial charge on any atom is 0.206 e. The topological polar surface area (TPSA) is 68.3 Å². The Morgan fingerprint density at radius 3 is 1.00 bits per heavy atom. The SMILES string of the molecule is O=S(=O)(c1ccc(S(=O)(=O)c2ccc(F)c(F)c2)cc1)c1ccc(F)c(F)c1. The van der Waals surface area contributed by atoms with Crippen molar-refractivity contribution in [1.82, 2.24) is 0 Å². The molecule has 0 N–H and O–H groups in total. The van der Waals surface area contributed by atoms with Gasteiger partial charge in [-0.05, 0) is 60.7 Å². The van der Waals surface area contributed by atoms with E-state index in [0.29, 0.717) is 24.3 Å². The van der Waals surface area contributed by atoms with E-state index in [9.17, 15) is 34.4 Å². The summed E-state index contributed by atoms with van der Waals surface area (Å²) >= 11 is 0. The smallest absolute Gasteiger partial charge is 0.206 e. The van der Waals surface area contributed by atoms with Gasteiger partial charge in [-0.2, -0.15) is 0 Å². The third kappa shape index (κ3) is 3.52. The normalized spacial score (nSPS) is 12.1. The van der Waals surface area contributed by atoms with E-state index in [4.69, 9.17) is 0 Å². The molecule has 3 aromatic rings. The molecular formula is C18H10F4O4S2. The molecular weight excluding hydrogens is 420 g/mol. The Balaban J connectivity index is 2.00. The lowest BCUT2D eigenvalue weighted by Gasteiger charge is -2.08. The molecule has 0 aliphatic rings. The van der Waals surface area contributed by atoms with Gasteiger partial charge in [0.1, 0.15) is 0 Å². The van der Waals surface area contributed by atoms with E-state index < -0.39 is 52.7 Å². The average molecular weight is 430 g/mol. The van der Waals surface area contributed by atoms with Crippen molar-refractivity contribution >= 4 is 19.7 Å². The van der Waals surface area contributed by atoms with E-state index in [-0.39, 0.29) is 9.79 Å². The van der Waals surface area contributed by atoms with Gasteiger partial charge in [-0.1, -0.05) is 0 Å². The molecule has 0 aliphatic heterocycles. The summed E-state index contributed by atoms with van der Waals surface area (Å²) in [6, 6.07) is 7.93. The summed E-state index contributed by atoms with van der Waals surface area (Å²) in [4.78, 5) is -1.74. The number of halogens is 4.